The average Bonchev–Trinajstić information content (AvgIpc) is 3.30. The maximum Gasteiger partial charge on any atom is 0.270 e. The van der Waals surface area contributed by atoms with E-state index in [4.69, 9.17) is 16.3 Å². The Morgan fingerprint density at radius 3 is 2.85 bits per heavy atom. The van der Waals surface area contributed by atoms with Gasteiger partial charge in [0.2, 0.25) is 0 Å². The molecule has 26 heavy (non-hydrogen) atoms. The van der Waals surface area contributed by atoms with E-state index < -0.39 is 0 Å². The van der Waals surface area contributed by atoms with Crippen molar-refractivity contribution in [1.29, 1.82) is 0 Å². The molecule has 0 saturated heterocycles. The predicted molar refractivity (Wildman–Crippen MR) is 98.1 cm³/mol. The molecule has 0 fully saturated rings. The third-order valence-electron chi connectivity index (χ3n) is 3.90. The molecule has 3 aromatic rings. The summed E-state index contributed by atoms with van der Waals surface area (Å²) in [5.41, 5.74) is 1.21. The molecule has 0 aliphatic heterocycles. The smallest absolute Gasteiger partial charge is 0.270 e. The number of halogens is 1. The Bertz CT molecular complexity index is 889. The van der Waals surface area contributed by atoms with Gasteiger partial charge in [-0.15, -0.1) is 0 Å². The summed E-state index contributed by atoms with van der Waals surface area (Å²) >= 11 is 6.07. The van der Waals surface area contributed by atoms with Crippen molar-refractivity contribution in [3.63, 3.8) is 0 Å². The van der Waals surface area contributed by atoms with Gasteiger partial charge in [-0.2, -0.15) is 10.2 Å². The molecule has 0 saturated carbocycles. The summed E-state index contributed by atoms with van der Waals surface area (Å²) in [7, 11) is 0. The van der Waals surface area contributed by atoms with Crippen LogP contribution in [0.25, 0.3) is 0 Å². The SMILES string of the molecule is CCn1ccc(C(C)NC(=O)c2ccnn2COc2ccccc2Cl)n1. The quantitative estimate of drug-likeness (QED) is 0.689. The van der Waals surface area contributed by atoms with Crippen molar-refractivity contribution in [3.8, 4) is 5.75 Å². The number of benzene rings is 1. The molecule has 0 radical (unpaired) electrons. The Morgan fingerprint density at radius 2 is 2.12 bits per heavy atom. The Hall–Kier alpha value is -2.80. The third kappa shape index (κ3) is 4.05. The maximum absolute atomic E-state index is 12.6. The second-order valence-corrected chi connectivity index (χ2v) is 6.12. The highest BCUT2D eigenvalue weighted by Crippen LogP contribution is 2.23. The van der Waals surface area contributed by atoms with Crippen molar-refractivity contribution in [2.45, 2.75) is 33.2 Å². The van der Waals surface area contributed by atoms with Gasteiger partial charge in [-0.1, -0.05) is 23.7 Å². The highest BCUT2D eigenvalue weighted by atomic mass is 35.5. The Balaban J connectivity index is 1.65. The fourth-order valence-electron chi connectivity index (χ4n) is 2.45. The molecule has 0 aliphatic rings. The Morgan fingerprint density at radius 1 is 1.31 bits per heavy atom. The lowest BCUT2D eigenvalue weighted by molar-refractivity contribution is 0.0917. The molecule has 3 rings (SSSR count). The van der Waals surface area contributed by atoms with Gasteiger partial charge in [-0.3, -0.25) is 9.48 Å². The number of aryl methyl sites for hydroxylation is 1. The van der Waals surface area contributed by atoms with Crippen LogP contribution in [0.15, 0.2) is 48.8 Å². The van der Waals surface area contributed by atoms with Gasteiger partial charge in [0.25, 0.3) is 5.91 Å². The van der Waals surface area contributed by atoms with Crippen LogP contribution in [-0.4, -0.2) is 25.5 Å². The standard InChI is InChI=1S/C18H20ClN5O2/c1-3-23-11-9-15(22-23)13(2)21-18(25)16-8-10-20-24(16)12-26-17-7-5-4-6-14(17)19/h4-11,13H,3,12H2,1-2H3,(H,21,25). The van der Waals surface area contributed by atoms with Crippen LogP contribution in [-0.2, 0) is 13.3 Å². The van der Waals surface area contributed by atoms with E-state index in [1.165, 1.54) is 4.68 Å². The molecule has 1 atom stereocenters. The fraction of sp³-hybridized carbons (Fsp3) is 0.278. The molecule has 1 aromatic carbocycles. The average molecular weight is 374 g/mol. The van der Waals surface area contributed by atoms with Gasteiger partial charge in [0.1, 0.15) is 11.4 Å². The van der Waals surface area contributed by atoms with Crippen molar-refractivity contribution in [1.82, 2.24) is 24.9 Å². The molecule has 136 valence electrons. The van der Waals surface area contributed by atoms with E-state index in [1.807, 2.05) is 42.9 Å². The van der Waals surface area contributed by atoms with Crippen molar-refractivity contribution in [2.75, 3.05) is 0 Å². The molecule has 1 N–H and O–H groups in total. The van der Waals surface area contributed by atoms with Crippen LogP contribution in [0, 0.1) is 0 Å². The van der Waals surface area contributed by atoms with Crippen LogP contribution in [0.4, 0.5) is 0 Å². The number of amides is 1. The van der Waals surface area contributed by atoms with Crippen LogP contribution in [0.2, 0.25) is 5.02 Å². The number of nitrogens with zero attached hydrogens (tertiary/aromatic N) is 4. The number of aromatic nitrogens is 4. The van der Waals surface area contributed by atoms with E-state index in [1.54, 1.807) is 24.4 Å². The number of nitrogens with one attached hydrogen (secondary N) is 1. The van der Waals surface area contributed by atoms with Crippen LogP contribution in [0.1, 0.15) is 36.1 Å². The van der Waals surface area contributed by atoms with Crippen molar-refractivity contribution >= 4 is 17.5 Å². The number of carbonyl (C=O) groups is 1. The number of rotatable bonds is 7. The van der Waals surface area contributed by atoms with Crippen LogP contribution in [0.3, 0.4) is 0 Å². The van der Waals surface area contributed by atoms with Crippen LogP contribution >= 0.6 is 11.6 Å². The largest absolute Gasteiger partial charge is 0.470 e. The number of hydrogen-bond donors (Lipinski definition) is 1. The Labute approximate surface area is 156 Å². The lowest BCUT2D eigenvalue weighted by Gasteiger charge is -2.13. The minimum absolute atomic E-state index is 0.0817. The maximum atomic E-state index is 12.6. The zero-order chi connectivity index (χ0) is 18.5. The van der Waals surface area contributed by atoms with E-state index in [2.05, 4.69) is 15.5 Å². The topological polar surface area (TPSA) is 74.0 Å². The third-order valence-corrected chi connectivity index (χ3v) is 4.22. The fourth-order valence-corrected chi connectivity index (χ4v) is 2.64. The number of carbonyl (C=O) groups excluding carboxylic acids is 1. The molecule has 2 aromatic heterocycles. The van der Waals surface area contributed by atoms with E-state index in [9.17, 15) is 4.79 Å². The van der Waals surface area contributed by atoms with Gasteiger partial charge in [-0.25, -0.2) is 4.68 Å². The molecule has 1 unspecified atom stereocenters. The summed E-state index contributed by atoms with van der Waals surface area (Å²) in [4.78, 5) is 12.6. The molecular weight excluding hydrogens is 354 g/mol. The number of para-hydroxylation sites is 1. The van der Waals surface area contributed by atoms with E-state index in [0.717, 1.165) is 12.2 Å². The lowest BCUT2D eigenvalue weighted by Crippen LogP contribution is -2.29. The van der Waals surface area contributed by atoms with E-state index in [-0.39, 0.29) is 18.7 Å². The zero-order valence-electron chi connectivity index (χ0n) is 14.6. The van der Waals surface area contributed by atoms with Crippen molar-refractivity contribution in [2.24, 2.45) is 0 Å². The molecular formula is C18H20ClN5O2. The molecule has 8 heteroatoms. The normalized spacial score (nSPS) is 12.0. The molecule has 7 nitrogen and oxygen atoms in total. The molecule has 0 aliphatic carbocycles. The first kappa shape index (κ1) is 18.0. The van der Waals surface area contributed by atoms with Gasteiger partial charge < -0.3 is 10.1 Å². The number of ether oxygens (including phenoxy) is 1. The summed E-state index contributed by atoms with van der Waals surface area (Å²) < 4.78 is 8.95. The van der Waals surface area contributed by atoms with Crippen LogP contribution in [0.5, 0.6) is 5.75 Å². The lowest BCUT2D eigenvalue weighted by atomic mass is 10.2. The second kappa shape index (κ2) is 8.05. The summed E-state index contributed by atoms with van der Waals surface area (Å²) in [6.45, 7) is 4.77. The Kier molecular flexibility index (Phi) is 5.58. The highest BCUT2D eigenvalue weighted by Gasteiger charge is 2.17. The first-order chi connectivity index (χ1) is 12.6. The minimum atomic E-state index is -0.246. The first-order valence-corrected chi connectivity index (χ1v) is 8.69. The van der Waals surface area contributed by atoms with Gasteiger partial charge in [0.15, 0.2) is 6.73 Å². The van der Waals surface area contributed by atoms with Gasteiger partial charge in [0, 0.05) is 18.9 Å². The highest BCUT2D eigenvalue weighted by molar-refractivity contribution is 6.32. The molecule has 0 spiro atoms. The number of hydrogen-bond acceptors (Lipinski definition) is 4. The monoisotopic (exact) mass is 373 g/mol. The summed E-state index contributed by atoms with van der Waals surface area (Å²) in [5, 5.41) is 12.0. The first-order valence-electron chi connectivity index (χ1n) is 8.32. The van der Waals surface area contributed by atoms with Crippen molar-refractivity contribution in [3.05, 3.63) is 65.2 Å². The van der Waals surface area contributed by atoms with Gasteiger partial charge in [-0.05, 0) is 38.1 Å². The molecule has 2 heterocycles. The minimum Gasteiger partial charge on any atom is -0.470 e. The predicted octanol–water partition coefficient (Wildman–Crippen LogP) is 3.28. The van der Waals surface area contributed by atoms with Crippen molar-refractivity contribution < 1.29 is 9.53 Å². The van der Waals surface area contributed by atoms with E-state index >= 15 is 0 Å². The summed E-state index contributed by atoms with van der Waals surface area (Å²) in [6, 6.07) is 10.5. The van der Waals surface area contributed by atoms with Gasteiger partial charge >= 0.3 is 0 Å². The van der Waals surface area contributed by atoms with Gasteiger partial charge in [0.05, 0.1) is 16.8 Å². The second-order valence-electron chi connectivity index (χ2n) is 5.71. The van der Waals surface area contributed by atoms with Crippen LogP contribution < -0.4 is 10.1 Å². The molecule has 1 amide bonds. The summed E-state index contributed by atoms with van der Waals surface area (Å²) in [6.07, 6.45) is 3.45. The zero-order valence-corrected chi connectivity index (χ0v) is 15.3. The molecule has 0 bridgehead atoms. The van der Waals surface area contributed by atoms with E-state index in [0.29, 0.717) is 16.5 Å². The summed E-state index contributed by atoms with van der Waals surface area (Å²) in [5.74, 6) is 0.290.